The number of benzene rings is 2. The van der Waals surface area contributed by atoms with E-state index in [1.165, 1.54) is 0 Å². The maximum absolute atomic E-state index is 6.29. The average Bonchev–Trinajstić information content (AvgIpc) is 2.38. The molecule has 0 spiro atoms. The zero-order chi connectivity index (χ0) is 12.5. The van der Waals surface area contributed by atoms with E-state index in [4.69, 9.17) is 16.3 Å². The molecule has 1 unspecified atom stereocenters. The Morgan fingerprint density at radius 1 is 1.06 bits per heavy atom. The monoisotopic (exact) mass is 259 g/mol. The fraction of sp³-hybridized carbons (Fsp3) is 0.200. The van der Waals surface area contributed by atoms with Crippen molar-refractivity contribution in [1.82, 2.24) is 0 Å². The summed E-state index contributed by atoms with van der Waals surface area (Å²) in [6.07, 6.45) is 0.149. The van der Waals surface area contributed by atoms with Crippen molar-refractivity contribution in [3.05, 3.63) is 53.6 Å². The number of halogens is 1. The van der Waals surface area contributed by atoms with Gasteiger partial charge in [0.05, 0.1) is 22.9 Å². The van der Waals surface area contributed by atoms with Crippen LogP contribution in [0.1, 0.15) is 6.92 Å². The molecule has 3 heteroatoms. The van der Waals surface area contributed by atoms with Gasteiger partial charge in [-0.15, -0.1) is 0 Å². The molecule has 0 aromatic heterocycles. The van der Waals surface area contributed by atoms with E-state index in [1.54, 1.807) is 0 Å². The molecule has 92 valence electrons. The number of ether oxygens (including phenoxy) is 1. The summed E-state index contributed by atoms with van der Waals surface area (Å²) < 4.78 is 5.84. The fourth-order valence-corrected chi connectivity index (χ4v) is 2.53. The van der Waals surface area contributed by atoms with Gasteiger partial charge in [0, 0.05) is 0 Å². The second-order valence-electron chi connectivity index (χ2n) is 4.46. The lowest BCUT2D eigenvalue weighted by molar-refractivity contribution is 0.218. The predicted molar refractivity (Wildman–Crippen MR) is 75.0 cm³/mol. The second kappa shape index (κ2) is 4.54. The van der Waals surface area contributed by atoms with E-state index in [0.717, 1.165) is 28.7 Å². The van der Waals surface area contributed by atoms with E-state index >= 15 is 0 Å². The average molecular weight is 260 g/mol. The Morgan fingerprint density at radius 3 is 2.50 bits per heavy atom. The van der Waals surface area contributed by atoms with E-state index in [1.807, 2.05) is 42.5 Å². The van der Waals surface area contributed by atoms with Gasteiger partial charge in [-0.25, -0.2) is 0 Å². The van der Waals surface area contributed by atoms with Crippen LogP contribution in [0.15, 0.2) is 48.5 Å². The molecule has 1 aliphatic heterocycles. The highest BCUT2D eigenvalue weighted by molar-refractivity contribution is 6.33. The predicted octanol–water partition coefficient (Wildman–Crippen LogP) is 4.26. The van der Waals surface area contributed by atoms with Gasteiger partial charge in [0.2, 0.25) is 0 Å². The number of nitrogens with zero attached hydrogens (tertiary/aromatic N) is 1. The number of para-hydroxylation sites is 3. The van der Waals surface area contributed by atoms with Gasteiger partial charge in [0.15, 0.2) is 0 Å². The first-order chi connectivity index (χ1) is 8.75. The summed E-state index contributed by atoms with van der Waals surface area (Å²) in [7, 11) is 0. The normalized spacial score (nSPS) is 18.1. The number of anilines is 2. The van der Waals surface area contributed by atoms with Crippen molar-refractivity contribution in [2.24, 2.45) is 0 Å². The lowest BCUT2D eigenvalue weighted by atomic mass is 10.1. The molecule has 0 saturated heterocycles. The van der Waals surface area contributed by atoms with Gasteiger partial charge in [0.1, 0.15) is 11.9 Å². The lowest BCUT2D eigenvalue weighted by Gasteiger charge is -2.35. The summed E-state index contributed by atoms with van der Waals surface area (Å²) in [6.45, 7) is 2.88. The van der Waals surface area contributed by atoms with Crippen molar-refractivity contribution in [1.29, 1.82) is 0 Å². The summed E-state index contributed by atoms with van der Waals surface area (Å²) in [5.41, 5.74) is 2.10. The lowest BCUT2D eigenvalue weighted by Crippen LogP contribution is -2.35. The van der Waals surface area contributed by atoms with E-state index in [-0.39, 0.29) is 6.10 Å². The van der Waals surface area contributed by atoms with Gasteiger partial charge >= 0.3 is 0 Å². The Bertz CT molecular complexity index is 570. The minimum absolute atomic E-state index is 0.149. The zero-order valence-electron chi connectivity index (χ0n) is 10.1. The van der Waals surface area contributed by atoms with Crippen molar-refractivity contribution in [3.63, 3.8) is 0 Å². The Hall–Kier alpha value is -1.67. The number of hydrogen-bond acceptors (Lipinski definition) is 2. The molecule has 3 rings (SSSR count). The van der Waals surface area contributed by atoms with Crippen molar-refractivity contribution < 1.29 is 4.74 Å². The van der Waals surface area contributed by atoms with Crippen molar-refractivity contribution in [2.45, 2.75) is 13.0 Å². The van der Waals surface area contributed by atoms with Crippen LogP contribution >= 0.6 is 11.6 Å². The minimum Gasteiger partial charge on any atom is -0.487 e. The highest BCUT2D eigenvalue weighted by atomic mass is 35.5. The molecular formula is C15H14ClNO. The molecule has 18 heavy (non-hydrogen) atoms. The van der Waals surface area contributed by atoms with Gasteiger partial charge in [0.25, 0.3) is 0 Å². The Morgan fingerprint density at radius 2 is 1.72 bits per heavy atom. The Kier molecular flexibility index (Phi) is 2.88. The third-order valence-electron chi connectivity index (χ3n) is 3.07. The van der Waals surface area contributed by atoms with Crippen LogP contribution in [0.3, 0.4) is 0 Å². The van der Waals surface area contributed by atoms with Crippen molar-refractivity contribution >= 4 is 23.0 Å². The van der Waals surface area contributed by atoms with E-state index in [0.29, 0.717) is 0 Å². The Balaban J connectivity index is 2.11. The Labute approximate surface area is 112 Å². The number of hydrogen-bond donors (Lipinski definition) is 0. The highest BCUT2D eigenvalue weighted by Gasteiger charge is 2.24. The molecule has 0 N–H and O–H groups in total. The summed E-state index contributed by atoms with van der Waals surface area (Å²) in [4.78, 5) is 2.21. The van der Waals surface area contributed by atoms with Gasteiger partial charge in [-0.3, -0.25) is 0 Å². The fourth-order valence-electron chi connectivity index (χ4n) is 2.29. The zero-order valence-corrected chi connectivity index (χ0v) is 10.9. The third-order valence-corrected chi connectivity index (χ3v) is 3.39. The van der Waals surface area contributed by atoms with Crippen molar-refractivity contribution in [2.75, 3.05) is 11.4 Å². The van der Waals surface area contributed by atoms with Crippen LogP contribution in [0.4, 0.5) is 11.4 Å². The molecule has 1 atom stereocenters. The van der Waals surface area contributed by atoms with Gasteiger partial charge < -0.3 is 9.64 Å². The smallest absolute Gasteiger partial charge is 0.143 e. The maximum Gasteiger partial charge on any atom is 0.143 e. The molecule has 2 aromatic carbocycles. The molecule has 0 fully saturated rings. The molecule has 1 heterocycles. The first kappa shape index (κ1) is 11.4. The van der Waals surface area contributed by atoms with Gasteiger partial charge in [-0.2, -0.15) is 0 Å². The van der Waals surface area contributed by atoms with Crippen molar-refractivity contribution in [3.8, 4) is 5.75 Å². The summed E-state index contributed by atoms with van der Waals surface area (Å²) >= 11 is 6.29. The number of fused-ring (bicyclic) bond motifs is 1. The van der Waals surface area contributed by atoms with Crippen LogP contribution in [0.5, 0.6) is 5.75 Å². The van der Waals surface area contributed by atoms with Crippen LogP contribution in [-0.2, 0) is 0 Å². The molecule has 1 aliphatic rings. The first-order valence-corrected chi connectivity index (χ1v) is 6.41. The maximum atomic E-state index is 6.29. The minimum atomic E-state index is 0.149. The molecule has 0 saturated carbocycles. The second-order valence-corrected chi connectivity index (χ2v) is 4.87. The highest BCUT2D eigenvalue weighted by Crippen LogP contribution is 2.40. The van der Waals surface area contributed by atoms with Crippen LogP contribution in [0.25, 0.3) is 0 Å². The van der Waals surface area contributed by atoms with Gasteiger partial charge in [-0.1, -0.05) is 35.9 Å². The molecule has 0 amide bonds. The SMILES string of the molecule is CC1CN(c2ccccc2Cl)c2ccccc2O1. The quantitative estimate of drug-likeness (QED) is 0.759. The standard InChI is InChI=1S/C15H14ClNO/c1-11-10-17(13-7-3-2-6-12(13)16)14-8-4-5-9-15(14)18-11/h2-9,11H,10H2,1H3. The summed E-state index contributed by atoms with van der Waals surface area (Å²) in [5, 5.41) is 0.765. The first-order valence-electron chi connectivity index (χ1n) is 6.03. The van der Waals surface area contributed by atoms with E-state index in [2.05, 4.69) is 17.9 Å². The van der Waals surface area contributed by atoms with Crippen LogP contribution < -0.4 is 9.64 Å². The molecular weight excluding hydrogens is 246 g/mol. The molecule has 0 radical (unpaired) electrons. The summed E-state index contributed by atoms with van der Waals surface area (Å²) in [6, 6.07) is 16.0. The van der Waals surface area contributed by atoms with Gasteiger partial charge in [-0.05, 0) is 31.2 Å². The summed E-state index contributed by atoms with van der Waals surface area (Å²) in [5.74, 6) is 0.913. The largest absolute Gasteiger partial charge is 0.487 e. The number of rotatable bonds is 1. The van der Waals surface area contributed by atoms with Crippen LogP contribution in [-0.4, -0.2) is 12.6 Å². The van der Waals surface area contributed by atoms with E-state index in [9.17, 15) is 0 Å². The topological polar surface area (TPSA) is 12.5 Å². The third kappa shape index (κ3) is 1.93. The molecule has 2 aromatic rings. The molecule has 0 aliphatic carbocycles. The van der Waals surface area contributed by atoms with Crippen LogP contribution in [0.2, 0.25) is 5.02 Å². The van der Waals surface area contributed by atoms with Crippen LogP contribution in [0, 0.1) is 0 Å². The molecule has 0 bridgehead atoms. The van der Waals surface area contributed by atoms with E-state index < -0.39 is 0 Å². The molecule has 2 nitrogen and oxygen atoms in total.